The van der Waals surface area contributed by atoms with Crippen LogP contribution in [-0.4, -0.2) is 0 Å². The van der Waals surface area contributed by atoms with Gasteiger partial charge in [-0.05, 0) is 53.1 Å². The number of aryl methyl sites for hydroxylation is 1. The molecule has 0 saturated heterocycles. The van der Waals surface area contributed by atoms with Crippen molar-refractivity contribution in [3.8, 4) is 0 Å². The second kappa shape index (κ2) is 23.3. The molecule has 0 amide bonds. The molecule has 0 aliphatic rings. The summed E-state index contributed by atoms with van der Waals surface area (Å²) < 4.78 is 2.82. The van der Waals surface area contributed by atoms with Crippen LogP contribution >= 0.6 is 34.0 Å². The second-order valence-corrected chi connectivity index (χ2v) is 13.9. The molecule has 3 heterocycles. The Kier molecular flexibility index (Phi) is 20.5. The van der Waals surface area contributed by atoms with Gasteiger partial charge in [0.25, 0.3) is 0 Å². The summed E-state index contributed by atoms with van der Waals surface area (Å²) in [6.45, 7) is 4.62. The van der Waals surface area contributed by atoms with Crippen molar-refractivity contribution in [3.05, 3.63) is 45.3 Å². The van der Waals surface area contributed by atoms with E-state index in [9.17, 15) is 0 Å². The zero-order valence-electron chi connectivity index (χ0n) is 24.2. The summed E-state index contributed by atoms with van der Waals surface area (Å²) in [7, 11) is 0. The third-order valence-corrected chi connectivity index (χ3v) is 10.4. The summed E-state index contributed by atoms with van der Waals surface area (Å²) in [5.74, 6) is 0.996. The van der Waals surface area contributed by atoms with Crippen LogP contribution in [0.3, 0.4) is 0 Å². The van der Waals surface area contributed by atoms with E-state index in [4.69, 9.17) is 0 Å². The molecule has 0 atom stereocenters. The number of fused-ring (bicyclic) bond motifs is 1. The first-order chi connectivity index (χ1) is 18.3. The predicted molar refractivity (Wildman–Crippen MR) is 175 cm³/mol. The fourth-order valence-corrected chi connectivity index (χ4v) is 7.86. The quantitative estimate of drug-likeness (QED) is 0.107. The van der Waals surface area contributed by atoms with Crippen LogP contribution in [0.1, 0.15) is 147 Å². The van der Waals surface area contributed by atoms with E-state index in [1.807, 2.05) is 11.3 Å². The van der Waals surface area contributed by atoms with Crippen LogP contribution in [0.2, 0.25) is 0 Å². The number of hydrogen-bond acceptors (Lipinski definition) is 3. The highest BCUT2D eigenvalue weighted by molar-refractivity contribution is 7.25. The van der Waals surface area contributed by atoms with Gasteiger partial charge < -0.3 is 0 Å². The van der Waals surface area contributed by atoms with Crippen molar-refractivity contribution >= 4 is 43.4 Å². The van der Waals surface area contributed by atoms with E-state index >= 15 is 0 Å². The maximum absolute atomic E-state index is 2.32. The highest BCUT2D eigenvalue weighted by Gasteiger charge is 2.09. The highest BCUT2D eigenvalue weighted by atomic mass is 32.1. The molecule has 0 aromatic carbocycles. The van der Waals surface area contributed by atoms with Gasteiger partial charge in [-0.3, -0.25) is 0 Å². The Hall–Kier alpha value is -0.640. The lowest BCUT2D eigenvalue weighted by Crippen LogP contribution is -2.02. The van der Waals surface area contributed by atoms with Crippen molar-refractivity contribution in [2.24, 2.45) is 5.92 Å². The molecule has 3 aromatic heterocycles. The molecule has 0 radical (unpaired) electrons. The maximum atomic E-state index is 2.32. The lowest BCUT2D eigenvalue weighted by atomic mass is 9.89. The maximum Gasteiger partial charge on any atom is 0.0450 e. The van der Waals surface area contributed by atoms with E-state index < -0.39 is 0 Å². The summed E-state index contributed by atoms with van der Waals surface area (Å²) in [6, 6.07) is 8.84. The minimum Gasteiger partial charge on any atom is -0.149 e. The Morgan fingerprint density at radius 1 is 0.486 bits per heavy atom. The Bertz CT molecular complexity index is 757. The smallest absolute Gasteiger partial charge is 0.0450 e. The molecule has 0 bridgehead atoms. The van der Waals surface area contributed by atoms with Gasteiger partial charge in [0.05, 0.1) is 0 Å². The molecule has 0 aliphatic heterocycles. The Morgan fingerprint density at radius 3 is 1.41 bits per heavy atom. The molecule has 3 rings (SSSR count). The summed E-state index contributed by atoms with van der Waals surface area (Å²) >= 11 is 5.55. The van der Waals surface area contributed by atoms with Gasteiger partial charge in [0.1, 0.15) is 0 Å². The van der Waals surface area contributed by atoms with Gasteiger partial charge in [-0.15, -0.1) is 34.0 Å². The molecule has 3 heteroatoms. The molecule has 0 aliphatic carbocycles. The van der Waals surface area contributed by atoms with Crippen LogP contribution in [0.4, 0.5) is 0 Å². The fourth-order valence-electron chi connectivity index (χ4n) is 5.28. The van der Waals surface area contributed by atoms with Gasteiger partial charge in [-0.25, -0.2) is 0 Å². The number of rotatable bonds is 22. The third kappa shape index (κ3) is 16.8. The van der Waals surface area contributed by atoms with Gasteiger partial charge in [-0.2, -0.15) is 0 Å². The largest absolute Gasteiger partial charge is 0.149 e. The number of hydrogen-bond donors (Lipinski definition) is 0. The molecule has 0 fully saturated rings. The Morgan fingerprint density at radius 2 is 0.946 bits per heavy atom. The van der Waals surface area contributed by atoms with E-state index in [0.29, 0.717) is 0 Å². The van der Waals surface area contributed by atoms with Crippen molar-refractivity contribution in [2.45, 2.75) is 149 Å². The van der Waals surface area contributed by atoms with Crippen molar-refractivity contribution in [1.29, 1.82) is 0 Å². The Balaban J connectivity index is 0.000000498. The lowest BCUT2D eigenvalue weighted by molar-refractivity contribution is 0.372. The zero-order valence-corrected chi connectivity index (χ0v) is 26.6. The van der Waals surface area contributed by atoms with E-state index in [1.54, 1.807) is 27.6 Å². The molecular weight excluding hydrogens is 505 g/mol. The van der Waals surface area contributed by atoms with Crippen LogP contribution < -0.4 is 0 Å². The van der Waals surface area contributed by atoms with Crippen molar-refractivity contribution < 1.29 is 0 Å². The van der Waals surface area contributed by atoms with E-state index in [2.05, 4.69) is 54.3 Å². The molecule has 0 saturated carbocycles. The molecule has 37 heavy (non-hydrogen) atoms. The van der Waals surface area contributed by atoms with E-state index in [-0.39, 0.29) is 0 Å². The van der Waals surface area contributed by atoms with Crippen molar-refractivity contribution in [2.75, 3.05) is 0 Å². The topological polar surface area (TPSA) is 0 Å². The van der Waals surface area contributed by atoms with Crippen LogP contribution in [0, 0.1) is 5.92 Å². The van der Waals surface area contributed by atoms with Gasteiger partial charge in [-0.1, -0.05) is 142 Å². The highest BCUT2D eigenvalue weighted by Crippen LogP contribution is 2.26. The van der Waals surface area contributed by atoms with Crippen LogP contribution in [0.25, 0.3) is 9.40 Å². The summed E-state index contributed by atoms with van der Waals surface area (Å²) in [6.07, 6.45) is 30.4. The van der Waals surface area contributed by atoms with Crippen molar-refractivity contribution in [1.82, 2.24) is 0 Å². The fraction of sp³-hybridized carbons (Fsp3) is 0.706. The van der Waals surface area contributed by atoms with Crippen molar-refractivity contribution in [3.63, 3.8) is 0 Å². The SMILES string of the molecule is CCCCCCCCCCC(CCCCCCCCCC)CCCc1cccs1.c1cc2sccc2s1. The van der Waals surface area contributed by atoms with E-state index in [0.717, 1.165) is 5.92 Å². The van der Waals surface area contributed by atoms with Gasteiger partial charge in [0.15, 0.2) is 0 Å². The molecule has 0 unspecified atom stereocenters. The molecule has 0 N–H and O–H groups in total. The summed E-state index contributed by atoms with van der Waals surface area (Å²) in [4.78, 5) is 1.59. The summed E-state index contributed by atoms with van der Waals surface area (Å²) in [5, 5.41) is 6.48. The molecule has 0 nitrogen and oxygen atoms in total. The van der Waals surface area contributed by atoms with Crippen LogP contribution in [0.5, 0.6) is 0 Å². The normalized spacial score (nSPS) is 11.3. The van der Waals surface area contributed by atoms with Gasteiger partial charge in [0.2, 0.25) is 0 Å². The number of unbranched alkanes of at least 4 members (excludes halogenated alkanes) is 14. The zero-order chi connectivity index (χ0) is 26.2. The minimum atomic E-state index is 0.996. The summed E-state index contributed by atoms with van der Waals surface area (Å²) in [5.41, 5.74) is 0. The first kappa shape index (κ1) is 32.6. The first-order valence-corrected chi connectivity index (χ1v) is 18.4. The average Bonchev–Trinajstić information content (AvgIpc) is 3.67. The Labute approximate surface area is 242 Å². The van der Waals surface area contributed by atoms with E-state index in [1.165, 1.54) is 144 Å². The second-order valence-electron chi connectivity index (χ2n) is 10.9. The number of thiophene rings is 3. The van der Waals surface area contributed by atoms with Gasteiger partial charge >= 0.3 is 0 Å². The molecule has 210 valence electrons. The standard InChI is InChI=1S/C28H52S.C6H4S2/c1-3-5-7-9-11-13-15-17-21-27(23-19-24-28-25-20-26-29-28)22-18-16-14-12-10-8-6-4-2;1-3-7-6-2-4-8-5(1)6/h20,25-27H,3-19,21-24H2,1-2H3;1-4H. The predicted octanol–water partition coefficient (Wildman–Crippen LogP) is 13.7. The lowest BCUT2D eigenvalue weighted by Gasteiger charge is -2.17. The average molecular weight is 561 g/mol. The monoisotopic (exact) mass is 560 g/mol. The molecule has 3 aromatic rings. The molecule has 0 spiro atoms. The van der Waals surface area contributed by atoms with Gasteiger partial charge in [0, 0.05) is 14.3 Å². The first-order valence-electron chi connectivity index (χ1n) is 15.8. The third-order valence-electron chi connectivity index (χ3n) is 7.62. The van der Waals surface area contributed by atoms with Crippen LogP contribution in [-0.2, 0) is 6.42 Å². The molecular formula is C34H56S3. The van der Waals surface area contributed by atoms with Crippen LogP contribution in [0.15, 0.2) is 40.4 Å². The minimum absolute atomic E-state index is 0.996.